The molecular weight excluding hydrogens is 540 g/mol. The van der Waals surface area contributed by atoms with Crippen LogP contribution >= 0.6 is 27.7 Å². The molecule has 7 nitrogen and oxygen atoms in total. The highest BCUT2D eigenvalue weighted by Gasteiger charge is 2.37. The minimum atomic E-state index is -0.568. The van der Waals surface area contributed by atoms with E-state index in [0.717, 1.165) is 27.8 Å². The molecule has 0 fully saturated rings. The molecule has 190 valence electrons. The van der Waals surface area contributed by atoms with Crippen LogP contribution in [-0.4, -0.2) is 32.6 Å². The maximum absolute atomic E-state index is 13.4. The molecule has 1 N–H and O–H groups in total. The lowest BCUT2D eigenvalue weighted by atomic mass is 9.95. The molecule has 1 atom stereocenters. The first-order valence-corrected chi connectivity index (χ1v) is 13.8. The number of nitrogens with zero attached hydrogens (tertiary/aromatic N) is 3. The van der Waals surface area contributed by atoms with Gasteiger partial charge in [-0.2, -0.15) is 4.98 Å². The standard InChI is InChI=1S/C27H31BrN4O3S/c1-6-13-36-27-30-26-29-18(5)23(25(33)35-16(2)3)24(32(26)31-27)21-14-20(28)11-12-22(21)34-15-19-9-7-17(4)8-10-19/h7-12,14,16,24H,6,13,15H2,1-5H3,(H,29,30,31). The van der Waals surface area contributed by atoms with Gasteiger partial charge in [-0.3, -0.25) is 0 Å². The number of hydrogen-bond acceptors (Lipinski definition) is 7. The second kappa shape index (κ2) is 11.5. The lowest BCUT2D eigenvalue weighted by molar-refractivity contribution is -0.143. The van der Waals surface area contributed by atoms with Gasteiger partial charge in [0.15, 0.2) is 0 Å². The van der Waals surface area contributed by atoms with Gasteiger partial charge in [0.1, 0.15) is 18.4 Å². The van der Waals surface area contributed by atoms with E-state index >= 15 is 0 Å². The van der Waals surface area contributed by atoms with Crippen LogP contribution in [0.25, 0.3) is 0 Å². The van der Waals surface area contributed by atoms with Crippen LogP contribution in [0.3, 0.4) is 0 Å². The van der Waals surface area contributed by atoms with Crippen molar-refractivity contribution in [1.29, 1.82) is 0 Å². The predicted octanol–water partition coefficient (Wildman–Crippen LogP) is 6.67. The van der Waals surface area contributed by atoms with E-state index in [0.29, 0.717) is 34.7 Å². The molecule has 4 rings (SSSR count). The fraction of sp³-hybridized carbons (Fsp3) is 0.370. The summed E-state index contributed by atoms with van der Waals surface area (Å²) in [6, 6.07) is 13.5. The predicted molar refractivity (Wildman–Crippen MR) is 146 cm³/mol. The van der Waals surface area contributed by atoms with Gasteiger partial charge in [-0.25, -0.2) is 9.48 Å². The van der Waals surface area contributed by atoms with Crippen LogP contribution in [0.15, 0.2) is 63.4 Å². The van der Waals surface area contributed by atoms with Crippen molar-refractivity contribution in [3.63, 3.8) is 0 Å². The number of fused-ring (bicyclic) bond motifs is 1. The number of halogens is 1. The molecule has 36 heavy (non-hydrogen) atoms. The third-order valence-electron chi connectivity index (χ3n) is 5.61. The Morgan fingerprint density at radius 3 is 2.64 bits per heavy atom. The normalized spacial score (nSPS) is 15.0. The molecule has 0 aliphatic carbocycles. The number of rotatable bonds is 9. The van der Waals surface area contributed by atoms with Gasteiger partial charge in [-0.1, -0.05) is 64.4 Å². The number of benzene rings is 2. The summed E-state index contributed by atoms with van der Waals surface area (Å²) in [5.41, 5.74) is 4.22. The zero-order valence-corrected chi connectivity index (χ0v) is 23.6. The van der Waals surface area contributed by atoms with Crippen LogP contribution in [0, 0.1) is 6.92 Å². The summed E-state index contributed by atoms with van der Waals surface area (Å²) in [6.07, 6.45) is 0.753. The maximum atomic E-state index is 13.4. The van der Waals surface area contributed by atoms with Crippen molar-refractivity contribution in [2.75, 3.05) is 11.1 Å². The number of allylic oxidation sites excluding steroid dienone is 1. The molecule has 1 aromatic heterocycles. The Hall–Kier alpha value is -2.78. The van der Waals surface area contributed by atoms with E-state index < -0.39 is 12.0 Å². The zero-order chi connectivity index (χ0) is 25.8. The van der Waals surface area contributed by atoms with Gasteiger partial charge in [0.25, 0.3) is 0 Å². The summed E-state index contributed by atoms with van der Waals surface area (Å²) in [5, 5.41) is 8.70. The second-order valence-electron chi connectivity index (χ2n) is 8.99. The highest BCUT2D eigenvalue weighted by Crippen LogP contribution is 2.41. The fourth-order valence-corrected chi connectivity index (χ4v) is 4.99. The molecule has 2 aromatic carbocycles. The van der Waals surface area contributed by atoms with Crippen LogP contribution in [0.2, 0.25) is 0 Å². The zero-order valence-electron chi connectivity index (χ0n) is 21.2. The first-order chi connectivity index (χ1) is 17.3. The number of aryl methyl sites for hydroxylation is 1. The second-order valence-corrected chi connectivity index (χ2v) is 11.0. The van der Waals surface area contributed by atoms with Crippen molar-refractivity contribution >= 4 is 39.6 Å². The average molecular weight is 572 g/mol. The van der Waals surface area contributed by atoms with E-state index in [2.05, 4.69) is 64.3 Å². The maximum Gasteiger partial charge on any atom is 0.338 e. The van der Waals surface area contributed by atoms with Crippen molar-refractivity contribution in [2.45, 2.75) is 64.9 Å². The molecule has 0 bridgehead atoms. The van der Waals surface area contributed by atoms with Gasteiger partial charge in [-0.05, 0) is 57.9 Å². The highest BCUT2D eigenvalue weighted by molar-refractivity contribution is 9.10. The topological polar surface area (TPSA) is 78.3 Å². The molecular formula is C27H31BrN4O3S. The number of aromatic nitrogens is 3. The smallest absolute Gasteiger partial charge is 0.338 e. The van der Waals surface area contributed by atoms with E-state index in [1.807, 2.05) is 39.0 Å². The minimum Gasteiger partial charge on any atom is -0.489 e. The largest absolute Gasteiger partial charge is 0.489 e. The van der Waals surface area contributed by atoms with E-state index in [1.54, 1.807) is 16.4 Å². The lowest BCUT2D eigenvalue weighted by Crippen LogP contribution is -2.31. The molecule has 1 aliphatic rings. The molecule has 9 heteroatoms. The third kappa shape index (κ3) is 5.95. The van der Waals surface area contributed by atoms with Crippen LogP contribution in [-0.2, 0) is 16.1 Å². The first kappa shape index (κ1) is 26.3. The van der Waals surface area contributed by atoms with Gasteiger partial charge in [0.2, 0.25) is 11.1 Å². The number of ether oxygens (including phenoxy) is 2. The molecule has 1 unspecified atom stereocenters. The molecule has 1 aliphatic heterocycles. The lowest BCUT2D eigenvalue weighted by Gasteiger charge is -2.29. The summed E-state index contributed by atoms with van der Waals surface area (Å²) in [4.78, 5) is 18.0. The fourth-order valence-electron chi connectivity index (χ4n) is 3.93. The Morgan fingerprint density at radius 1 is 1.19 bits per heavy atom. The quantitative estimate of drug-likeness (QED) is 0.227. The van der Waals surface area contributed by atoms with Gasteiger partial charge in [0.05, 0.1) is 11.7 Å². The molecule has 0 saturated carbocycles. The van der Waals surface area contributed by atoms with Crippen LogP contribution in [0.1, 0.15) is 56.8 Å². The number of carbonyl (C=O) groups excluding carboxylic acids is 1. The minimum absolute atomic E-state index is 0.258. The van der Waals surface area contributed by atoms with E-state index in [4.69, 9.17) is 14.6 Å². The van der Waals surface area contributed by atoms with E-state index in [-0.39, 0.29) is 6.10 Å². The molecule has 0 saturated heterocycles. The van der Waals surface area contributed by atoms with Gasteiger partial charge in [-0.15, -0.1) is 5.10 Å². The third-order valence-corrected chi connectivity index (χ3v) is 7.15. The van der Waals surface area contributed by atoms with Crippen molar-refractivity contribution in [1.82, 2.24) is 14.8 Å². The monoisotopic (exact) mass is 570 g/mol. The van der Waals surface area contributed by atoms with Crippen molar-refractivity contribution in [3.05, 3.63) is 74.9 Å². The Kier molecular flexibility index (Phi) is 8.41. The van der Waals surface area contributed by atoms with Crippen LogP contribution in [0.5, 0.6) is 5.75 Å². The number of nitrogens with one attached hydrogen (secondary N) is 1. The number of anilines is 1. The summed E-state index contributed by atoms with van der Waals surface area (Å²) in [7, 11) is 0. The highest BCUT2D eigenvalue weighted by atomic mass is 79.9. The van der Waals surface area contributed by atoms with Gasteiger partial charge < -0.3 is 14.8 Å². The van der Waals surface area contributed by atoms with Gasteiger partial charge in [0, 0.05) is 21.5 Å². The van der Waals surface area contributed by atoms with E-state index in [1.165, 1.54) is 5.56 Å². The number of hydrogen-bond donors (Lipinski definition) is 1. The molecule has 0 amide bonds. The molecule has 0 radical (unpaired) electrons. The first-order valence-electron chi connectivity index (χ1n) is 12.0. The Labute approximate surface area is 224 Å². The Morgan fingerprint density at radius 2 is 1.94 bits per heavy atom. The number of esters is 1. The molecule has 2 heterocycles. The van der Waals surface area contributed by atoms with Crippen LogP contribution in [0.4, 0.5) is 5.95 Å². The Bertz CT molecular complexity index is 1270. The summed E-state index contributed by atoms with van der Waals surface area (Å²) in [5.74, 6) is 1.76. The summed E-state index contributed by atoms with van der Waals surface area (Å²) >= 11 is 5.20. The molecule has 3 aromatic rings. The number of thioether (sulfide) groups is 1. The SMILES string of the molecule is CCCSc1nc2n(n1)C(c1cc(Br)ccc1OCc1ccc(C)cc1)C(C(=O)OC(C)C)=C(C)N2. The van der Waals surface area contributed by atoms with Gasteiger partial charge >= 0.3 is 5.97 Å². The summed E-state index contributed by atoms with van der Waals surface area (Å²) < 4.78 is 14.6. The number of carbonyl (C=O) groups is 1. The van der Waals surface area contributed by atoms with E-state index in [9.17, 15) is 4.79 Å². The summed E-state index contributed by atoms with van der Waals surface area (Å²) in [6.45, 7) is 10.1. The molecule has 0 spiro atoms. The Balaban J connectivity index is 1.79. The average Bonchev–Trinajstić information content (AvgIpc) is 3.23. The van der Waals surface area contributed by atoms with Crippen LogP contribution < -0.4 is 10.1 Å². The van der Waals surface area contributed by atoms with Crippen molar-refractivity contribution < 1.29 is 14.3 Å². The van der Waals surface area contributed by atoms with Crippen molar-refractivity contribution in [2.24, 2.45) is 0 Å². The van der Waals surface area contributed by atoms with Crippen molar-refractivity contribution in [3.8, 4) is 5.75 Å².